The molecule has 1 rings (SSSR count). The number of carbonyl (C=O) groups excluding carboxylic acids is 2. The molecule has 0 radical (unpaired) electrons. The van der Waals surface area contributed by atoms with Crippen LogP contribution in [-0.2, 0) is 21.0 Å². The Balaban J connectivity index is 0.00000211. The SMILES string of the molecule is C=C(C(=O)NC(C)=O)c1ccccc1CON=C(C)C.CO. The van der Waals surface area contributed by atoms with Gasteiger partial charge < -0.3 is 9.94 Å². The van der Waals surface area contributed by atoms with E-state index in [1.807, 2.05) is 26.0 Å². The maximum Gasteiger partial charge on any atom is 0.257 e. The lowest BCUT2D eigenvalue weighted by atomic mass is 10.0. The maximum atomic E-state index is 11.8. The van der Waals surface area contributed by atoms with Gasteiger partial charge in [0.1, 0.15) is 6.61 Å². The second-order valence-corrected chi connectivity index (χ2v) is 4.46. The summed E-state index contributed by atoms with van der Waals surface area (Å²) in [6.45, 7) is 8.88. The van der Waals surface area contributed by atoms with E-state index in [2.05, 4.69) is 17.1 Å². The smallest absolute Gasteiger partial charge is 0.257 e. The second kappa shape index (κ2) is 10.3. The fourth-order valence-electron chi connectivity index (χ4n) is 1.53. The molecule has 0 unspecified atom stereocenters. The number of hydrogen-bond acceptors (Lipinski definition) is 5. The molecule has 0 atom stereocenters. The summed E-state index contributed by atoms with van der Waals surface area (Å²) in [6, 6.07) is 7.20. The lowest BCUT2D eigenvalue weighted by molar-refractivity contribution is -0.126. The number of rotatable bonds is 5. The van der Waals surface area contributed by atoms with E-state index < -0.39 is 11.8 Å². The van der Waals surface area contributed by atoms with Gasteiger partial charge in [-0.25, -0.2) is 0 Å². The van der Waals surface area contributed by atoms with Crippen LogP contribution in [0.25, 0.3) is 5.57 Å². The number of amides is 2. The van der Waals surface area contributed by atoms with Crippen molar-refractivity contribution >= 4 is 23.1 Å². The van der Waals surface area contributed by atoms with Crippen LogP contribution in [0, 0.1) is 0 Å². The second-order valence-electron chi connectivity index (χ2n) is 4.46. The first kappa shape index (κ1) is 19.5. The van der Waals surface area contributed by atoms with Crippen molar-refractivity contribution in [2.45, 2.75) is 27.4 Å². The van der Waals surface area contributed by atoms with Crippen LogP contribution in [0.4, 0.5) is 0 Å². The third kappa shape index (κ3) is 6.81. The number of aliphatic hydroxyl groups is 1. The van der Waals surface area contributed by atoms with Crippen molar-refractivity contribution in [3.63, 3.8) is 0 Å². The monoisotopic (exact) mass is 306 g/mol. The highest BCUT2D eigenvalue weighted by molar-refractivity contribution is 6.23. The molecule has 6 nitrogen and oxygen atoms in total. The molecule has 0 saturated carbocycles. The molecule has 0 spiro atoms. The van der Waals surface area contributed by atoms with E-state index in [0.29, 0.717) is 5.56 Å². The van der Waals surface area contributed by atoms with Gasteiger partial charge in [-0.2, -0.15) is 0 Å². The van der Waals surface area contributed by atoms with Crippen molar-refractivity contribution in [3.05, 3.63) is 42.0 Å². The molecular formula is C16H22N2O4. The summed E-state index contributed by atoms with van der Waals surface area (Å²) >= 11 is 0. The Morgan fingerprint density at radius 2 is 1.82 bits per heavy atom. The highest BCUT2D eigenvalue weighted by Crippen LogP contribution is 2.19. The number of hydrogen-bond donors (Lipinski definition) is 2. The minimum absolute atomic E-state index is 0.219. The summed E-state index contributed by atoms with van der Waals surface area (Å²) in [4.78, 5) is 27.9. The highest BCUT2D eigenvalue weighted by Gasteiger charge is 2.14. The molecule has 6 heteroatoms. The molecule has 0 aliphatic rings. The third-order valence-corrected chi connectivity index (χ3v) is 2.37. The Hall–Kier alpha value is -2.47. The fourth-order valence-corrected chi connectivity index (χ4v) is 1.53. The van der Waals surface area contributed by atoms with Gasteiger partial charge in [0.15, 0.2) is 0 Å². The summed E-state index contributed by atoms with van der Waals surface area (Å²) in [5.74, 6) is -0.934. The largest absolute Gasteiger partial charge is 0.400 e. The van der Waals surface area contributed by atoms with E-state index in [1.54, 1.807) is 12.1 Å². The molecule has 2 N–H and O–H groups in total. The minimum atomic E-state index is -0.514. The van der Waals surface area contributed by atoms with Gasteiger partial charge in [0, 0.05) is 19.6 Å². The highest BCUT2D eigenvalue weighted by atomic mass is 16.6. The van der Waals surface area contributed by atoms with E-state index in [1.165, 1.54) is 6.92 Å². The van der Waals surface area contributed by atoms with E-state index in [-0.39, 0.29) is 12.2 Å². The number of imide groups is 1. The van der Waals surface area contributed by atoms with Gasteiger partial charge in [0.05, 0.1) is 5.71 Å². The normalized spacial score (nSPS) is 8.95. The minimum Gasteiger partial charge on any atom is -0.400 e. The van der Waals surface area contributed by atoms with Crippen molar-refractivity contribution in [1.29, 1.82) is 0 Å². The van der Waals surface area contributed by atoms with Crippen LogP contribution in [0.2, 0.25) is 0 Å². The number of nitrogens with zero attached hydrogens (tertiary/aromatic N) is 1. The summed E-state index contributed by atoms with van der Waals surface area (Å²) < 4.78 is 0. The molecule has 0 fully saturated rings. The molecular weight excluding hydrogens is 284 g/mol. The van der Waals surface area contributed by atoms with Crippen molar-refractivity contribution in [2.75, 3.05) is 7.11 Å². The van der Waals surface area contributed by atoms with Gasteiger partial charge in [0.25, 0.3) is 5.91 Å². The Morgan fingerprint density at radius 1 is 1.23 bits per heavy atom. The number of aliphatic hydroxyl groups excluding tert-OH is 1. The Bertz CT molecular complexity index is 561. The molecule has 0 aliphatic heterocycles. The molecule has 22 heavy (non-hydrogen) atoms. The van der Waals surface area contributed by atoms with Crippen LogP contribution in [0.15, 0.2) is 36.0 Å². The van der Waals surface area contributed by atoms with Crippen LogP contribution >= 0.6 is 0 Å². The van der Waals surface area contributed by atoms with Crippen molar-refractivity contribution in [2.24, 2.45) is 5.16 Å². The van der Waals surface area contributed by atoms with Gasteiger partial charge in [-0.1, -0.05) is 36.0 Å². The van der Waals surface area contributed by atoms with E-state index in [4.69, 9.17) is 9.94 Å². The number of carbonyl (C=O) groups is 2. The molecule has 0 saturated heterocycles. The zero-order valence-electron chi connectivity index (χ0n) is 13.3. The van der Waals surface area contributed by atoms with Crippen LogP contribution in [-0.4, -0.2) is 29.7 Å². The molecule has 120 valence electrons. The average Bonchev–Trinajstić information content (AvgIpc) is 2.48. The number of nitrogens with one attached hydrogen (secondary N) is 1. The van der Waals surface area contributed by atoms with Gasteiger partial charge >= 0.3 is 0 Å². The lowest BCUT2D eigenvalue weighted by Gasteiger charge is -2.10. The van der Waals surface area contributed by atoms with Gasteiger partial charge in [-0.3, -0.25) is 14.9 Å². The maximum absolute atomic E-state index is 11.8. The summed E-state index contributed by atoms with van der Waals surface area (Å²) in [7, 11) is 1.00. The van der Waals surface area contributed by atoms with Crippen LogP contribution < -0.4 is 5.32 Å². The topological polar surface area (TPSA) is 88.0 Å². The van der Waals surface area contributed by atoms with Crippen molar-refractivity contribution in [3.8, 4) is 0 Å². The van der Waals surface area contributed by atoms with Crippen LogP contribution in [0.1, 0.15) is 31.9 Å². The first-order valence-electron chi connectivity index (χ1n) is 6.58. The molecule has 2 amide bonds. The molecule has 0 heterocycles. The first-order valence-corrected chi connectivity index (χ1v) is 6.58. The van der Waals surface area contributed by atoms with Crippen LogP contribution in [0.5, 0.6) is 0 Å². The van der Waals surface area contributed by atoms with Gasteiger partial charge in [-0.05, 0) is 25.0 Å². The molecule has 0 aliphatic carbocycles. The predicted molar refractivity (Wildman–Crippen MR) is 86.0 cm³/mol. The fraction of sp³-hybridized carbons (Fsp3) is 0.312. The third-order valence-electron chi connectivity index (χ3n) is 2.37. The molecule has 1 aromatic carbocycles. The zero-order valence-corrected chi connectivity index (χ0v) is 13.3. The Morgan fingerprint density at radius 3 is 2.36 bits per heavy atom. The first-order chi connectivity index (χ1) is 10.4. The zero-order chi connectivity index (χ0) is 17.1. The Kier molecular flexibility index (Phi) is 9.13. The van der Waals surface area contributed by atoms with Gasteiger partial charge in [-0.15, -0.1) is 0 Å². The summed E-state index contributed by atoms with van der Waals surface area (Å²) in [6.07, 6.45) is 0. The lowest BCUT2D eigenvalue weighted by Crippen LogP contribution is -2.28. The van der Waals surface area contributed by atoms with Crippen molar-refractivity contribution in [1.82, 2.24) is 5.32 Å². The van der Waals surface area contributed by atoms with E-state index in [0.717, 1.165) is 18.4 Å². The number of oxime groups is 1. The van der Waals surface area contributed by atoms with Crippen LogP contribution in [0.3, 0.4) is 0 Å². The summed E-state index contributed by atoms with van der Waals surface area (Å²) in [5.41, 5.74) is 2.43. The quantitative estimate of drug-likeness (QED) is 0.494. The number of benzene rings is 1. The predicted octanol–water partition coefficient (Wildman–Crippen LogP) is 1.88. The molecule has 0 bridgehead atoms. The molecule has 1 aromatic rings. The van der Waals surface area contributed by atoms with Gasteiger partial charge in [0.2, 0.25) is 5.91 Å². The van der Waals surface area contributed by atoms with E-state index >= 15 is 0 Å². The van der Waals surface area contributed by atoms with Crippen molar-refractivity contribution < 1.29 is 19.5 Å². The molecule has 0 aromatic heterocycles. The van der Waals surface area contributed by atoms with E-state index in [9.17, 15) is 9.59 Å². The standard InChI is InChI=1S/C15H18N2O3.CH4O/c1-10(2)17-20-9-13-7-5-6-8-14(13)11(3)15(19)16-12(4)18;1-2/h5-8H,3,9H2,1-2,4H3,(H,16,18,19);2H,1H3. The average molecular weight is 306 g/mol. The Labute approximate surface area is 130 Å². The summed E-state index contributed by atoms with van der Waals surface area (Å²) in [5, 5.41) is 13.0.